The molecule has 1 aromatic heterocycles. The van der Waals surface area contributed by atoms with Crippen molar-refractivity contribution in [3.05, 3.63) is 28.9 Å². The van der Waals surface area contributed by atoms with Gasteiger partial charge in [-0.25, -0.2) is 4.98 Å². The maximum Gasteiger partial charge on any atom is 0.121 e. The summed E-state index contributed by atoms with van der Waals surface area (Å²) >= 11 is 3.30. The maximum atomic E-state index is 5.84. The molecular weight excluding hydrogens is 244 g/mol. The summed E-state index contributed by atoms with van der Waals surface area (Å²) in [5.74, 6) is 0.749. The molecule has 3 nitrogen and oxygen atoms in total. The van der Waals surface area contributed by atoms with E-state index in [4.69, 9.17) is 10.5 Å². The quantitative estimate of drug-likeness (QED) is 0.627. The smallest absolute Gasteiger partial charge is 0.121 e. The molecule has 0 bridgehead atoms. The number of hydrogen-bond acceptors (Lipinski definition) is 3. The molecule has 14 heavy (non-hydrogen) atoms. The van der Waals surface area contributed by atoms with Crippen LogP contribution in [-0.4, -0.2) is 12.1 Å². The van der Waals surface area contributed by atoms with Gasteiger partial charge in [0, 0.05) is 11.5 Å². The highest BCUT2D eigenvalue weighted by molar-refractivity contribution is 9.10. The summed E-state index contributed by atoms with van der Waals surface area (Å²) in [6.07, 6.45) is 0. The van der Waals surface area contributed by atoms with Crippen molar-refractivity contribution in [2.24, 2.45) is 0 Å². The fourth-order valence-corrected chi connectivity index (χ4v) is 1.64. The van der Waals surface area contributed by atoms with Crippen LogP contribution in [0.4, 0.5) is 5.69 Å². The molecule has 0 amide bonds. The average molecular weight is 253 g/mol. The van der Waals surface area contributed by atoms with Crippen molar-refractivity contribution in [3.8, 4) is 5.75 Å². The van der Waals surface area contributed by atoms with Crippen LogP contribution in [0.15, 0.2) is 28.9 Å². The molecule has 2 N–H and O–H groups in total. The first-order chi connectivity index (χ1) is 6.70. The summed E-state index contributed by atoms with van der Waals surface area (Å²) in [5, 5.41) is 0.977. The summed E-state index contributed by atoms with van der Waals surface area (Å²) in [6.45, 7) is 0. The van der Waals surface area contributed by atoms with E-state index in [1.54, 1.807) is 13.2 Å². The first-order valence-corrected chi connectivity index (χ1v) is 4.90. The number of aromatic nitrogens is 1. The fraction of sp³-hybridized carbons (Fsp3) is 0.100. The molecule has 1 heterocycles. The number of anilines is 1. The van der Waals surface area contributed by atoms with Crippen LogP contribution in [0.1, 0.15) is 0 Å². The fourth-order valence-electron chi connectivity index (χ4n) is 1.33. The van der Waals surface area contributed by atoms with Crippen molar-refractivity contribution in [3.63, 3.8) is 0 Å². The average Bonchev–Trinajstić information content (AvgIpc) is 2.19. The first kappa shape index (κ1) is 9.27. The van der Waals surface area contributed by atoms with Crippen LogP contribution in [0.2, 0.25) is 0 Å². The van der Waals surface area contributed by atoms with E-state index >= 15 is 0 Å². The molecule has 4 heteroatoms. The molecule has 0 fully saturated rings. The van der Waals surface area contributed by atoms with Crippen LogP contribution < -0.4 is 10.5 Å². The Kier molecular flexibility index (Phi) is 2.29. The van der Waals surface area contributed by atoms with E-state index in [0.717, 1.165) is 21.3 Å². The van der Waals surface area contributed by atoms with E-state index in [9.17, 15) is 0 Å². The summed E-state index contributed by atoms with van der Waals surface area (Å²) in [5.41, 5.74) is 7.26. The SMILES string of the molecule is COc1cc(N)c2nc(Br)ccc2c1. The number of methoxy groups -OCH3 is 1. The molecule has 0 unspecified atom stereocenters. The largest absolute Gasteiger partial charge is 0.497 e. The summed E-state index contributed by atoms with van der Waals surface area (Å²) < 4.78 is 5.89. The van der Waals surface area contributed by atoms with Gasteiger partial charge in [-0.3, -0.25) is 0 Å². The molecule has 0 spiro atoms. The minimum atomic E-state index is 0.626. The zero-order valence-corrected chi connectivity index (χ0v) is 9.21. The first-order valence-electron chi connectivity index (χ1n) is 4.10. The second-order valence-electron chi connectivity index (χ2n) is 2.92. The van der Waals surface area contributed by atoms with Gasteiger partial charge in [-0.05, 0) is 34.1 Å². The third kappa shape index (κ3) is 1.53. The minimum Gasteiger partial charge on any atom is -0.497 e. The molecule has 0 saturated carbocycles. The number of ether oxygens (including phenoxy) is 1. The van der Waals surface area contributed by atoms with E-state index in [2.05, 4.69) is 20.9 Å². The van der Waals surface area contributed by atoms with E-state index < -0.39 is 0 Å². The lowest BCUT2D eigenvalue weighted by Crippen LogP contribution is -1.92. The Morgan fingerprint density at radius 1 is 1.36 bits per heavy atom. The highest BCUT2D eigenvalue weighted by Gasteiger charge is 2.03. The molecular formula is C10H9BrN2O. The lowest BCUT2D eigenvalue weighted by atomic mass is 10.2. The van der Waals surface area contributed by atoms with Crippen LogP contribution in [0.25, 0.3) is 10.9 Å². The Morgan fingerprint density at radius 3 is 2.86 bits per heavy atom. The number of halogens is 1. The van der Waals surface area contributed by atoms with Gasteiger partial charge in [0.2, 0.25) is 0 Å². The lowest BCUT2D eigenvalue weighted by molar-refractivity contribution is 0.415. The molecule has 2 rings (SSSR count). The van der Waals surface area contributed by atoms with Crippen molar-refractivity contribution < 1.29 is 4.74 Å². The predicted octanol–water partition coefficient (Wildman–Crippen LogP) is 2.59. The molecule has 0 atom stereocenters. The standard InChI is InChI=1S/C10H9BrN2O/c1-14-7-4-6-2-3-9(11)13-10(6)8(12)5-7/h2-5H,12H2,1H3. The van der Waals surface area contributed by atoms with Crippen molar-refractivity contribution >= 4 is 32.5 Å². The number of nitrogens with two attached hydrogens (primary N) is 1. The van der Waals surface area contributed by atoms with Crippen LogP contribution in [0, 0.1) is 0 Å². The number of nitrogens with zero attached hydrogens (tertiary/aromatic N) is 1. The summed E-state index contributed by atoms with van der Waals surface area (Å²) in [7, 11) is 1.62. The Labute approximate surface area is 90.0 Å². The van der Waals surface area contributed by atoms with Crippen molar-refractivity contribution in [2.75, 3.05) is 12.8 Å². The Balaban J connectivity index is 2.76. The third-order valence-corrected chi connectivity index (χ3v) is 2.44. The number of nitrogen functional groups attached to an aromatic ring is 1. The second-order valence-corrected chi connectivity index (χ2v) is 3.73. The van der Waals surface area contributed by atoms with Crippen LogP contribution in [0.3, 0.4) is 0 Å². The van der Waals surface area contributed by atoms with Gasteiger partial charge in [0.05, 0.1) is 18.3 Å². The van der Waals surface area contributed by atoms with E-state index in [-0.39, 0.29) is 0 Å². The predicted molar refractivity (Wildman–Crippen MR) is 60.4 cm³/mol. The van der Waals surface area contributed by atoms with Crippen LogP contribution in [-0.2, 0) is 0 Å². The molecule has 0 aliphatic heterocycles. The number of fused-ring (bicyclic) bond motifs is 1. The van der Waals surface area contributed by atoms with Gasteiger partial charge in [-0.2, -0.15) is 0 Å². The summed E-state index contributed by atoms with van der Waals surface area (Å²) in [6, 6.07) is 7.50. The minimum absolute atomic E-state index is 0.626. The number of pyridine rings is 1. The second kappa shape index (κ2) is 3.46. The van der Waals surface area contributed by atoms with Gasteiger partial charge >= 0.3 is 0 Å². The van der Waals surface area contributed by atoms with Gasteiger partial charge in [0.1, 0.15) is 10.4 Å². The van der Waals surface area contributed by atoms with Gasteiger partial charge < -0.3 is 10.5 Å². The van der Waals surface area contributed by atoms with E-state index in [1.807, 2.05) is 18.2 Å². The highest BCUT2D eigenvalue weighted by Crippen LogP contribution is 2.26. The molecule has 72 valence electrons. The van der Waals surface area contributed by atoms with Crippen molar-refractivity contribution in [2.45, 2.75) is 0 Å². The molecule has 0 saturated heterocycles. The van der Waals surface area contributed by atoms with Gasteiger partial charge in [0.15, 0.2) is 0 Å². The highest BCUT2D eigenvalue weighted by atomic mass is 79.9. The Hall–Kier alpha value is -1.29. The lowest BCUT2D eigenvalue weighted by Gasteiger charge is -2.05. The van der Waals surface area contributed by atoms with E-state index in [0.29, 0.717) is 5.69 Å². The molecule has 2 aromatic rings. The third-order valence-electron chi connectivity index (χ3n) is 2.00. The zero-order valence-electron chi connectivity index (χ0n) is 7.62. The number of rotatable bonds is 1. The van der Waals surface area contributed by atoms with Crippen molar-refractivity contribution in [1.29, 1.82) is 0 Å². The number of hydrogen-bond donors (Lipinski definition) is 1. The van der Waals surface area contributed by atoms with E-state index in [1.165, 1.54) is 0 Å². The van der Waals surface area contributed by atoms with Gasteiger partial charge in [-0.15, -0.1) is 0 Å². The van der Waals surface area contributed by atoms with Gasteiger partial charge in [-0.1, -0.05) is 0 Å². The molecule has 0 aliphatic carbocycles. The molecule has 1 aromatic carbocycles. The number of benzene rings is 1. The Bertz CT molecular complexity index is 485. The monoisotopic (exact) mass is 252 g/mol. The van der Waals surface area contributed by atoms with Crippen LogP contribution >= 0.6 is 15.9 Å². The maximum absolute atomic E-state index is 5.84. The topological polar surface area (TPSA) is 48.1 Å². The Morgan fingerprint density at radius 2 is 2.14 bits per heavy atom. The molecule has 0 aliphatic rings. The summed E-state index contributed by atoms with van der Waals surface area (Å²) in [4.78, 5) is 4.29. The molecule has 0 radical (unpaired) electrons. The zero-order chi connectivity index (χ0) is 10.1. The van der Waals surface area contributed by atoms with Crippen LogP contribution in [0.5, 0.6) is 5.75 Å². The normalized spacial score (nSPS) is 10.4. The van der Waals surface area contributed by atoms with Crippen molar-refractivity contribution in [1.82, 2.24) is 4.98 Å². The van der Waals surface area contributed by atoms with Gasteiger partial charge in [0.25, 0.3) is 0 Å².